The van der Waals surface area contributed by atoms with Crippen LogP contribution in [0.5, 0.6) is 6.01 Å². The SMILES string of the molecule is C=C(N=C(CN=C(N)P(=O)(COC)OC)P(=O)(OC)OC)OCCOc1nc(P(=O)(OC)OC)nc(P(=O)(OC)OC)n1. The second-order valence-corrected chi connectivity index (χ2v) is 16.3. The third-order valence-electron chi connectivity index (χ3n) is 5.00. The molecule has 43 heavy (non-hydrogen) atoms. The molecule has 1 unspecified atom stereocenters. The van der Waals surface area contributed by atoms with Gasteiger partial charge in [0.2, 0.25) is 17.0 Å². The molecule has 1 aromatic rings. The number of ether oxygens (including phenoxy) is 3. The summed E-state index contributed by atoms with van der Waals surface area (Å²) in [5, 5.41) is 0. The van der Waals surface area contributed by atoms with Gasteiger partial charge in [-0.1, -0.05) is 0 Å². The minimum absolute atomic E-state index is 0.243. The van der Waals surface area contributed by atoms with Crippen LogP contribution in [0.25, 0.3) is 0 Å². The molecule has 246 valence electrons. The van der Waals surface area contributed by atoms with E-state index in [9.17, 15) is 18.3 Å². The van der Waals surface area contributed by atoms with Crippen molar-refractivity contribution in [3.8, 4) is 6.01 Å². The van der Waals surface area contributed by atoms with Gasteiger partial charge in [0.1, 0.15) is 19.6 Å². The van der Waals surface area contributed by atoms with Crippen LogP contribution in [0.2, 0.25) is 0 Å². The van der Waals surface area contributed by atoms with Crippen molar-refractivity contribution in [3.05, 3.63) is 12.5 Å². The van der Waals surface area contributed by atoms with E-state index in [0.717, 1.165) is 42.7 Å². The fourth-order valence-electron chi connectivity index (χ4n) is 2.70. The Balaban J connectivity index is 3.18. The molecule has 0 aliphatic heterocycles. The highest BCUT2D eigenvalue weighted by Gasteiger charge is 2.36. The number of aromatic nitrogens is 3. The van der Waals surface area contributed by atoms with Crippen LogP contribution in [0.1, 0.15) is 0 Å². The van der Waals surface area contributed by atoms with E-state index in [1.54, 1.807) is 0 Å². The zero-order chi connectivity index (χ0) is 32.9. The molecule has 0 amide bonds. The number of aliphatic imine (C=N–C) groups is 2. The molecule has 0 bridgehead atoms. The second-order valence-electron chi connectivity index (χ2n) is 7.37. The Morgan fingerprint density at radius 3 is 1.70 bits per heavy atom. The third-order valence-corrected chi connectivity index (χ3v) is 12.2. The molecule has 1 heterocycles. The van der Waals surface area contributed by atoms with Gasteiger partial charge in [0, 0.05) is 56.9 Å². The minimum Gasteiger partial charge on any atom is -0.474 e. The number of nitrogens with two attached hydrogens (primary N) is 1. The summed E-state index contributed by atoms with van der Waals surface area (Å²) in [6.07, 6.45) is -0.347. The van der Waals surface area contributed by atoms with E-state index >= 15 is 0 Å². The number of rotatable bonds is 21. The molecule has 0 radical (unpaired) electrons. The summed E-state index contributed by atoms with van der Waals surface area (Å²) in [4.78, 5) is 19.6. The molecule has 2 N–H and O–H groups in total. The van der Waals surface area contributed by atoms with E-state index < -0.39 is 59.4 Å². The first kappa shape index (κ1) is 39.1. The van der Waals surface area contributed by atoms with Crippen LogP contribution < -0.4 is 21.6 Å². The molecule has 20 nitrogen and oxygen atoms in total. The van der Waals surface area contributed by atoms with Gasteiger partial charge in [0.05, 0.1) is 6.54 Å². The van der Waals surface area contributed by atoms with Gasteiger partial charge < -0.3 is 51.6 Å². The van der Waals surface area contributed by atoms with Gasteiger partial charge in [0.25, 0.3) is 7.37 Å². The highest BCUT2D eigenvalue weighted by Crippen LogP contribution is 2.50. The Morgan fingerprint density at radius 1 is 0.767 bits per heavy atom. The Kier molecular flexibility index (Phi) is 16.0. The van der Waals surface area contributed by atoms with Crippen molar-refractivity contribution in [2.75, 3.05) is 83.0 Å². The van der Waals surface area contributed by atoms with E-state index in [1.165, 1.54) is 14.2 Å². The summed E-state index contributed by atoms with van der Waals surface area (Å²) in [5.74, 6) is -0.280. The lowest BCUT2D eigenvalue weighted by molar-refractivity contribution is 0.150. The Bertz CT molecular complexity index is 1290. The van der Waals surface area contributed by atoms with Gasteiger partial charge in [-0.2, -0.15) is 15.0 Å². The monoisotopic (exact) mass is 696 g/mol. The minimum atomic E-state index is -4.04. The number of hydrogen-bond donors (Lipinski definition) is 1. The van der Waals surface area contributed by atoms with Crippen molar-refractivity contribution in [2.24, 2.45) is 15.7 Å². The highest BCUT2D eigenvalue weighted by molar-refractivity contribution is 7.76. The number of nitrogens with zero attached hydrogens (tertiary/aromatic N) is 5. The summed E-state index contributed by atoms with van der Waals surface area (Å²) in [7, 11) is -6.61. The van der Waals surface area contributed by atoms with Gasteiger partial charge >= 0.3 is 28.8 Å². The van der Waals surface area contributed by atoms with Crippen molar-refractivity contribution in [1.29, 1.82) is 0 Å². The quantitative estimate of drug-likeness (QED) is 0.0631. The topological polar surface area (TPSA) is 250 Å². The molecule has 0 saturated heterocycles. The van der Waals surface area contributed by atoms with E-state index in [4.69, 9.17) is 51.6 Å². The van der Waals surface area contributed by atoms with Crippen molar-refractivity contribution in [1.82, 2.24) is 15.0 Å². The van der Waals surface area contributed by atoms with Crippen LogP contribution in [-0.4, -0.2) is 109 Å². The van der Waals surface area contributed by atoms with Crippen LogP contribution in [-0.2, 0) is 59.4 Å². The molecule has 1 rings (SSSR count). The molecule has 0 aliphatic rings. The lowest BCUT2D eigenvalue weighted by atomic mass is 10.7. The number of amidine groups is 1. The summed E-state index contributed by atoms with van der Waals surface area (Å²) < 4.78 is 102. The molecule has 0 saturated carbocycles. The largest absolute Gasteiger partial charge is 0.474 e. The first-order valence-corrected chi connectivity index (χ1v) is 18.0. The molecule has 0 aliphatic carbocycles. The van der Waals surface area contributed by atoms with E-state index in [2.05, 4.69) is 31.5 Å². The second kappa shape index (κ2) is 17.5. The maximum Gasteiger partial charge on any atom is 0.398 e. The summed E-state index contributed by atoms with van der Waals surface area (Å²) >= 11 is 0. The molecule has 1 atom stereocenters. The molecule has 0 spiro atoms. The van der Waals surface area contributed by atoms with Crippen molar-refractivity contribution in [2.45, 2.75) is 0 Å². The van der Waals surface area contributed by atoms with Crippen LogP contribution in [0.4, 0.5) is 0 Å². The van der Waals surface area contributed by atoms with Gasteiger partial charge in [-0.05, 0) is 6.58 Å². The highest BCUT2D eigenvalue weighted by atomic mass is 31.2. The molecule has 24 heteroatoms. The number of methoxy groups -OCH3 is 1. The first-order valence-electron chi connectivity index (χ1n) is 11.6. The van der Waals surface area contributed by atoms with E-state index in [0.29, 0.717) is 0 Å². The molecule has 1 aromatic heterocycles. The van der Waals surface area contributed by atoms with Crippen LogP contribution in [0.3, 0.4) is 0 Å². The smallest absolute Gasteiger partial charge is 0.398 e. The fraction of sp³-hybridized carbons (Fsp3) is 0.632. The normalized spacial score (nSPS) is 14.8. The van der Waals surface area contributed by atoms with E-state index in [-0.39, 0.29) is 30.9 Å². The fourth-order valence-corrected chi connectivity index (χ4v) is 6.68. The van der Waals surface area contributed by atoms with Gasteiger partial charge in [-0.25, -0.2) is 4.99 Å². The first-order chi connectivity index (χ1) is 20.2. The zero-order valence-electron chi connectivity index (χ0n) is 24.9. The average molecular weight is 696 g/mol. The molecular weight excluding hydrogens is 660 g/mol. The lowest BCUT2D eigenvalue weighted by Gasteiger charge is -2.17. The Morgan fingerprint density at radius 2 is 1.28 bits per heavy atom. The molecular formula is C19H36N6O14P4. The van der Waals surface area contributed by atoms with Crippen LogP contribution in [0.15, 0.2) is 22.4 Å². The summed E-state index contributed by atoms with van der Waals surface area (Å²) in [5.41, 5.74) is 4.08. The standard InChI is InChI=1S/C19H36N6O14P4/c1-14(22-15(41(27,32-4)33-5)12-21-16(20)40(26,31-3)13-30-2)38-10-11-39-17-23-18(42(28,34-6)35-7)25-19(24-17)43(29,36-8)37-9/h1,10-13H2,2-9H3,(H2,20,21). The lowest BCUT2D eigenvalue weighted by Crippen LogP contribution is -2.29. The average Bonchev–Trinajstić information content (AvgIpc) is 3.03. The molecule has 0 fully saturated rings. The van der Waals surface area contributed by atoms with Gasteiger partial charge in [-0.3, -0.25) is 23.3 Å². The number of hydrogen-bond acceptors (Lipinski definition) is 19. The van der Waals surface area contributed by atoms with Gasteiger partial charge in [0.15, 0.2) is 11.0 Å². The Labute approximate surface area is 248 Å². The van der Waals surface area contributed by atoms with Gasteiger partial charge in [-0.15, -0.1) is 0 Å². The zero-order valence-corrected chi connectivity index (χ0v) is 28.4. The molecule has 0 aromatic carbocycles. The van der Waals surface area contributed by atoms with Crippen molar-refractivity contribution >= 4 is 52.3 Å². The van der Waals surface area contributed by atoms with E-state index in [1.807, 2.05) is 0 Å². The van der Waals surface area contributed by atoms with Crippen LogP contribution >= 0.6 is 30.2 Å². The maximum absolute atomic E-state index is 13.0. The van der Waals surface area contributed by atoms with Crippen LogP contribution in [0, 0.1) is 0 Å². The maximum atomic E-state index is 13.0. The van der Waals surface area contributed by atoms with Crippen molar-refractivity contribution < 1.29 is 64.1 Å². The predicted octanol–water partition coefficient (Wildman–Crippen LogP) is 1.69. The third kappa shape index (κ3) is 10.3. The Hall–Kier alpha value is -1.91. The summed E-state index contributed by atoms with van der Waals surface area (Å²) in [6, 6.07) is -0.450. The predicted molar refractivity (Wildman–Crippen MR) is 155 cm³/mol. The summed E-state index contributed by atoms with van der Waals surface area (Å²) in [6.45, 7) is 2.62. The van der Waals surface area contributed by atoms with Crippen molar-refractivity contribution in [3.63, 3.8) is 0 Å².